The van der Waals surface area contributed by atoms with Crippen LogP contribution in [-0.4, -0.2) is 22.9 Å². The van der Waals surface area contributed by atoms with Crippen LogP contribution < -0.4 is 10.5 Å². The summed E-state index contributed by atoms with van der Waals surface area (Å²) in [5.41, 5.74) is 2.21. The Balaban J connectivity index is 1.73. The highest BCUT2D eigenvalue weighted by Crippen LogP contribution is 2.29. The predicted molar refractivity (Wildman–Crippen MR) is 87.6 cm³/mol. The van der Waals surface area contributed by atoms with Gasteiger partial charge in [0.1, 0.15) is 4.47 Å². The molecule has 1 unspecified atom stereocenters. The van der Waals surface area contributed by atoms with Gasteiger partial charge < -0.3 is 4.90 Å². The van der Waals surface area contributed by atoms with Gasteiger partial charge in [-0.2, -0.15) is 5.10 Å². The molecule has 1 aliphatic heterocycles. The Morgan fingerprint density at radius 3 is 2.86 bits per heavy atom. The summed E-state index contributed by atoms with van der Waals surface area (Å²) in [5.74, 6) is 0.628. The van der Waals surface area contributed by atoms with Crippen molar-refractivity contribution in [1.82, 2.24) is 9.78 Å². The molecule has 1 atom stereocenters. The van der Waals surface area contributed by atoms with E-state index in [9.17, 15) is 4.79 Å². The highest BCUT2D eigenvalue weighted by molar-refractivity contribution is 9.10. The Morgan fingerprint density at radius 1 is 1.33 bits per heavy atom. The first kappa shape index (κ1) is 14.3. The number of aryl methyl sites for hydroxylation is 1. The highest BCUT2D eigenvalue weighted by Gasteiger charge is 2.25. The molecule has 5 heteroatoms. The molecular weight excluding hydrogens is 330 g/mol. The molecule has 4 nitrogen and oxygen atoms in total. The highest BCUT2D eigenvalue weighted by atomic mass is 79.9. The Bertz CT molecular complexity index is 684. The maximum Gasteiger partial charge on any atom is 0.282 e. The third-order valence-electron chi connectivity index (χ3n) is 4.05. The Labute approximate surface area is 132 Å². The third kappa shape index (κ3) is 3.02. The fourth-order valence-electron chi connectivity index (χ4n) is 2.89. The van der Waals surface area contributed by atoms with Crippen molar-refractivity contribution < 1.29 is 0 Å². The summed E-state index contributed by atoms with van der Waals surface area (Å²) in [6.07, 6.45) is 4.01. The van der Waals surface area contributed by atoms with Crippen LogP contribution in [0.2, 0.25) is 0 Å². The Kier molecular flexibility index (Phi) is 4.10. The standard InChI is InChI=1S/C16H18BrN3O/c1-19-16(21)15(17)14(10-18-19)20-8-7-13(11-20)9-12-5-3-2-4-6-12/h2-6,10,13H,7-9,11H2,1H3. The van der Waals surface area contributed by atoms with Crippen molar-refractivity contribution in [2.45, 2.75) is 12.8 Å². The van der Waals surface area contributed by atoms with Crippen molar-refractivity contribution in [2.75, 3.05) is 18.0 Å². The van der Waals surface area contributed by atoms with E-state index >= 15 is 0 Å². The zero-order valence-corrected chi connectivity index (χ0v) is 13.6. The lowest BCUT2D eigenvalue weighted by Gasteiger charge is -2.19. The second-order valence-corrected chi connectivity index (χ2v) is 6.36. The number of aromatic nitrogens is 2. The number of nitrogens with zero attached hydrogens (tertiary/aromatic N) is 3. The van der Waals surface area contributed by atoms with Gasteiger partial charge in [-0.25, -0.2) is 4.68 Å². The van der Waals surface area contributed by atoms with E-state index in [1.54, 1.807) is 13.2 Å². The third-order valence-corrected chi connectivity index (χ3v) is 4.80. The topological polar surface area (TPSA) is 38.1 Å². The zero-order valence-electron chi connectivity index (χ0n) is 12.0. The minimum absolute atomic E-state index is 0.0843. The van der Waals surface area contributed by atoms with Crippen molar-refractivity contribution in [2.24, 2.45) is 13.0 Å². The minimum atomic E-state index is -0.0843. The van der Waals surface area contributed by atoms with E-state index in [2.05, 4.69) is 50.2 Å². The molecule has 0 spiro atoms. The summed E-state index contributed by atoms with van der Waals surface area (Å²) >= 11 is 3.41. The maximum absolute atomic E-state index is 11.9. The van der Waals surface area contributed by atoms with Gasteiger partial charge in [0.15, 0.2) is 0 Å². The molecule has 0 bridgehead atoms. The van der Waals surface area contributed by atoms with E-state index in [0.717, 1.165) is 31.6 Å². The van der Waals surface area contributed by atoms with Crippen LogP contribution >= 0.6 is 15.9 Å². The van der Waals surface area contributed by atoms with Gasteiger partial charge in [-0.3, -0.25) is 4.79 Å². The summed E-state index contributed by atoms with van der Waals surface area (Å²) in [7, 11) is 1.67. The molecule has 2 aromatic rings. The Morgan fingerprint density at radius 2 is 2.10 bits per heavy atom. The van der Waals surface area contributed by atoms with E-state index in [0.29, 0.717) is 10.4 Å². The molecule has 21 heavy (non-hydrogen) atoms. The number of halogens is 1. The van der Waals surface area contributed by atoms with Crippen LogP contribution in [0, 0.1) is 5.92 Å². The van der Waals surface area contributed by atoms with Gasteiger partial charge in [-0.05, 0) is 40.3 Å². The van der Waals surface area contributed by atoms with E-state index in [4.69, 9.17) is 0 Å². The summed E-state index contributed by atoms with van der Waals surface area (Å²) in [4.78, 5) is 14.2. The molecule has 3 rings (SSSR count). The van der Waals surface area contributed by atoms with Crippen LogP contribution in [-0.2, 0) is 13.5 Å². The fourth-order valence-corrected chi connectivity index (χ4v) is 3.50. The summed E-state index contributed by atoms with van der Waals surface area (Å²) in [6, 6.07) is 10.6. The SMILES string of the molecule is Cn1ncc(N2CCC(Cc3ccccc3)C2)c(Br)c1=O. The van der Waals surface area contributed by atoms with Crippen molar-refractivity contribution in [3.05, 3.63) is 56.9 Å². The summed E-state index contributed by atoms with van der Waals surface area (Å²) in [6.45, 7) is 1.95. The molecule has 1 aromatic heterocycles. The van der Waals surface area contributed by atoms with Crippen LogP contribution in [0.3, 0.4) is 0 Å². The number of anilines is 1. The van der Waals surface area contributed by atoms with Gasteiger partial charge in [-0.15, -0.1) is 0 Å². The van der Waals surface area contributed by atoms with E-state index in [-0.39, 0.29) is 5.56 Å². The molecule has 110 valence electrons. The molecule has 2 heterocycles. The predicted octanol–water partition coefficient (Wildman–Crippen LogP) is 2.61. The number of hydrogen-bond acceptors (Lipinski definition) is 3. The van der Waals surface area contributed by atoms with Gasteiger partial charge in [0.05, 0.1) is 11.9 Å². The minimum Gasteiger partial charge on any atom is -0.369 e. The average molecular weight is 348 g/mol. The van der Waals surface area contributed by atoms with Gasteiger partial charge >= 0.3 is 0 Å². The lowest BCUT2D eigenvalue weighted by molar-refractivity contribution is 0.586. The van der Waals surface area contributed by atoms with E-state index < -0.39 is 0 Å². The molecule has 1 saturated heterocycles. The number of rotatable bonds is 3. The van der Waals surface area contributed by atoms with Crippen LogP contribution in [0.5, 0.6) is 0 Å². The van der Waals surface area contributed by atoms with Gasteiger partial charge in [0.25, 0.3) is 5.56 Å². The van der Waals surface area contributed by atoms with Crippen LogP contribution in [0.15, 0.2) is 45.8 Å². The molecule has 0 aliphatic carbocycles. The van der Waals surface area contributed by atoms with E-state index in [1.165, 1.54) is 10.2 Å². The van der Waals surface area contributed by atoms with E-state index in [1.807, 2.05) is 6.07 Å². The summed E-state index contributed by atoms with van der Waals surface area (Å²) < 4.78 is 1.96. The lowest BCUT2D eigenvalue weighted by atomic mass is 9.99. The molecule has 0 saturated carbocycles. The first-order chi connectivity index (χ1) is 10.1. The lowest BCUT2D eigenvalue weighted by Crippen LogP contribution is -2.27. The van der Waals surface area contributed by atoms with Crippen molar-refractivity contribution in [1.29, 1.82) is 0 Å². The van der Waals surface area contributed by atoms with Crippen molar-refractivity contribution in [3.63, 3.8) is 0 Å². The van der Waals surface area contributed by atoms with Crippen LogP contribution in [0.25, 0.3) is 0 Å². The van der Waals surface area contributed by atoms with Gasteiger partial charge in [0, 0.05) is 20.1 Å². The monoisotopic (exact) mass is 347 g/mol. The van der Waals surface area contributed by atoms with Crippen molar-refractivity contribution >= 4 is 21.6 Å². The summed E-state index contributed by atoms with van der Waals surface area (Å²) in [5, 5.41) is 4.13. The quantitative estimate of drug-likeness (QED) is 0.856. The molecule has 0 radical (unpaired) electrons. The molecule has 0 N–H and O–H groups in total. The first-order valence-corrected chi connectivity index (χ1v) is 7.95. The fraction of sp³-hybridized carbons (Fsp3) is 0.375. The average Bonchev–Trinajstić information content (AvgIpc) is 2.94. The van der Waals surface area contributed by atoms with Crippen LogP contribution in [0.4, 0.5) is 5.69 Å². The first-order valence-electron chi connectivity index (χ1n) is 7.16. The second kappa shape index (κ2) is 6.02. The number of benzene rings is 1. The zero-order chi connectivity index (χ0) is 14.8. The van der Waals surface area contributed by atoms with Crippen molar-refractivity contribution in [3.8, 4) is 0 Å². The molecule has 0 amide bonds. The van der Waals surface area contributed by atoms with Crippen LogP contribution in [0.1, 0.15) is 12.0 Å². The molecule has 1 aliphatic rings. The Hall–Kier alpha value is -1.62. The molecule has 1 aromatic carbocycles. The largest absolute Gasteiger partial charge is 0.369 e. The normalized spacial score (nSPS) is 18.2. The second-order valence-electron chi connectivity index (χ2n) is 5.56. The van der Waals surface area contributed by atoms with Gasteiger partial charge in [-0.1, -0.05) is 30.3 Å². The maximum atomic E-state index is 11.9. The molecular formula is C16H18BrN3O. The number of hydrogen-bond donors (Lipinski definition) is 0. The molecule has 1 fully saturated rings. The van der Waals surface area contributed by atoms with Gasteiger partial charge in [0.2, 0.25) is 0 Å². The smallest absolute Gasteiger partial charge is 0.282 e.